The van der Waals surface area contributed by atoms with Crippen LogP contribution < -0.4 is 0 Å². The maximum absolute atomic E-state index is 12.8. The molecule has 2 rings (SSSR count). The van der Waals surface area contributed by atoms with Crippen molar-refractivity contribution in [2.45, 2.75) is 38.1 Å². The first-order valence-electron chi connectivity index (χ1n) is 7.41. The van der Waals surface area contributed by atoms with Gasteiger partial charge in [0.1, 0.15) is 5.52 Å². The Balaban J connectivity index is 2.35. The Hall–Kier alpha value is -1.43. The zero-order chi connectivity index (χ0) is 17.2. The molecular weight excluding hydrogens is 323 g/mol. The second kappa shape index (κ2) is 6.99. The van der Waals surface area contributed by atoms with Crippen molar-refractivity contribution in [3.63, 3.8) is 0 Å². The average Bonchev–Trinajstić information content (AvgIpc) is 2.90. The second-order valence-corrected chi connectivity index (χ2v) is 6.62. The minimum Gasteiger partial charge on any atom is -0.440 e. The molecule has 0 aliphatic carbocycles. The number of fused-ring (bicyclic) bond motifs is 1. The zero-order valence-corrected chi connectivity index (χ0v) is 14.3. The Morgan fingerprint density at radius 2 is 1.96 bits per heavy atom. The molecule has 2 aromatic rings. The number of benzene rings is 1. The molecule has 1 heterocycles. The molecule has 2 unspecified atom stereocenters. The fourth-order valence-electron chi connectivity index (χ4n) is 2.74. The number of hydrogen-bond acceptors (Lipinski definition) is 3. The molecule has 0 N–H and O–H groups in total. The van der Waals surface area contributed by atoms with Crippen molar-refractivity contribution >= 4 is 22.9 Å². The van der Waals surface area contributed by atoms with Crippen LogP contribution in [-0.4, -0.2) is 16.5 Å². The van der Waals surface area contributed by atoms with Crippen LogP contribution in [0, 0.1) is 5.92 Å². The number of hydrogen-bond donors (Lipinski definition) is 0. The number of thioether (sulfide) groups is 1. The smallest absolute Gasteiger partial charge is 0.416 e. The highest BCUT2D eigenvalue weighted by Gasteiger charge is 2.32. The molecular formula is C17H20F3NOS. The molecule has 23 heavy (non-hydrogen) atoms. The molecule has 0 aliphatic rings. The van der Waals surface area contributed by atoms with Crippen molar-refractivity contribution in [2.24, 2.45) is 5.92 Å². The molecule has 0 amide bonds. The van der Waals surface area contributed by atoms with Gasteiger partial charge >= 0.3 is 6.18 Å². The summed E-state index contributed by atoms with van der Waals surface area (Å²) in [6.45, 7) is 6.08. The molecule has 2 nitrogen and oxygen atoms in total. The van der Waals surface area contributed by atoms with E-state index in [2.05, 4.69) is 18.0 Å². The molecule has 6 heteroatoms. The van der Waals surface area contributed by atoms with E-state index in [-0.39, 0.29) is 16.7 Å². The molecule has 0 saturated heterocycles. The van der Waals surface area contributed by atoms with Gasteiger partial charge in [0.05, 0.1) is 5.56 Å². The van der Waals surface area contributed by atoms with Crippen molar-refractivity contribution in [1.82, 2.24) is 4.98 Å². The number of alkyl halides is 3. The molecule has 0 saturated carbocycles. The quantitative estimate of drug-likeness (QED) is 0.633. The van der Waals surface area contributed by atoms with Crippen LogP contribution in [0.15, 0.2) is 34.8 Å². The zero-order valence-electron chi connectivity index (χ0n) is 13.5. The number of aromatic nitrogens is 1. The van der Waals surface area contributed by atoms with Gasteiger partial charge in [-0.1, -0.05) is 26.0 Å². The van der Waals surface area contributed by atoms with Crippen LogP contribution in [0.4, 0.5) is 13.2 Å². The Kier molecular flexibility index (Phi) is 5.45. The van der Waals surface area contributed by atoms with E-state index >= 15 is 0 Å². The summed E-state index contributed by atoms with van der Waals surface area (Å²) in [5.41, 5.74) is -0.0696. The monoisotopic (exact) mass is 343 g/mol. The van der Waals surface area contributed by atoms with E-state index in [0.29, 0.717) is 17.4 Å². The standard InChI is InChI=1S/C17H20F3NOS/c1-5-6-10(2)15(23-4)11(3)16-21-13-9-12(17(18,19)20)7-8-14(13)22-16/h5-11,15H,1-4H3/b6-5-/t10?,11?,15-/m0/s1. The SMILES string of the molecule is C/C=C\C(C)[C@H](SC)C(C)c1nc2cc(C(F)(F)F)ccc2o1. The molecule has 0 aliphatic heterocycles. The van der Waals surface area contributed by atoms with E-state index in [4.69, 9.17) is 4.42 Å². The summed E-state index contributed by atoms with van der Waals surface area (Å²) in [6.07, 6.45) is 1.76. The number of rotatable bonds is 5. The number of halogens is 3. The number of allylic oxidation sites excluding steroid dienone is 2. The van der Waals surface area contributed by atoms with Gasteiger partial charge in [-0.25, -0.2) is 4.98 Å². The van der Waals surface area contributed by atoms with E-state index in [0.717, 1.165) is 12.1 Å². The van der Waals surface area contributed by atoms with Crippen molar-refractivity contribution in [1.29, 1.82) is 0 Å². The largest absolute Gasteiger partial charge is 0.440 e. The molecule has 126 valence electrons. The van der Waals surface area contributed by atoms with Crippen molar-refractivity contribution in [2.75, 3.05) is 6.26 Å². The normalized spacial score (nSPS) is 16.8. The first-order chi connectivity index (χ1) is 10.8. The first-order valence-corrected chi connectivity index (χ1v) is 8.70. The van der Waals surface area contributed by atoms with Gasteiger partial charge in [-0.2, -0.15) is 24.9 Å². The highest BCUT2D eigenvalue weighted by molar-refractivity contribution is 7.99. The molecule has 1 aromatic heterocycles. The summed E-state index contributed by atoms with van der Waals surface area (Å²) in [4.78, 5) is 4.29. The van der Waals surface area contributed by atoms with Crippen molar-refractivity contribution < 1.29 is 17.6 Å². The lowest BCUT2D eigenvalue weighted by molar-refractivity contribution is -0.137. The topological polar surface area (TPSA) is 26.0 Å². The summed E-state index contributed by atoms with van der Waals surface area (Å²) in [5, 5.41) is 0.237. The first kappa shape index (κ1) is 17.9. The van der Waals surface area contributed by atoms with E-state index in [1.807, 2.05) is 26.2 Å². The van der Waals surface area contributed by atoms with Gasteiger partial charge in [-0.3, -0.25) is 0 Å². The minimum atomic E-state index is -4.37. The lowest BCUT2D eigenvalue weighted by atomic mass is 9.96. The lowest BCUT2D eigenvalue weighted by Crippen LogP contribution is -2.19. The molecule has 0 fully saturated rings. The summed E-state index contributed by atoms with van der Waals surface area (Å²) in [7, 11) is 0. The highest BCUT2D eigenvalue weighted by Crippen LogP contribution is 2.36. The third kappa shape index (κ3) is 3.91. The molecule has 0 spiro atoms. The maximum Gasteiger partial charge on any atom is 0.416 e. The second-order valence-electron chi connectivity index (χ2n) is 5.61. The van der Waals surface area contributed by atoms with E-state index in [9.17, 15) is 13.2 Å². The van der Waals surface area contributed by atoms with Gasteiger partial charge < -0.3 is 4.42 Å². The van der Waals surface area contributed by atoms with E-state index < -0.39 is 11.7 Å². The Bertz CT molecular complexity index is 693. The molecule has 0 bridgehead atoms. The van der Waals surface area contributed by atoms with Crippen LogP contribution in [0.1, 0.15) is 38.1 Å². The van der Waals surface area contributed by atoms with Gasteiger partial charge in [0.25, 0.3) is 0 Å². The molecule has 0 radical (unpaired) electrons. The molecule has 1 aromatic carbocycles. The van der Waals surface area contributed by atoms with Gasteiger partial charge in [0.2, 0.25) is 0 Å². The average molecular weight is 343 g/mol. The Morgan fingerprint density at radius 3 is 2.52 bits per heavy atom. The minimum absolute atomic E-state index is 0.00191. The van der Waals surface area contributed by atoms with Gasteiger partial charge in [-0.15, -0.1) is 0 Å². The van der Waals surface area contributed by atoms with Crippen molar-refractivity contribution in [3.8, 4) is 0 Å². The summed E-state index contributed by atoms with van der Waals surface area (Å²) >= 11 is 1.71. The number of oxazole rings is 1. The summed E-state index contributed by atoms with van der Waals surface area (Å²) in [6, 6.07) is 3.40. The number of nitrogens with zero attached hydrogens (tertiary/aromatic N) is 1. The lowest BCUT2D eigenvalue weighted by Gasteiger charge is -2.23. The van der Waals surface area contributed by atoms with Crippen LogP contribution in [0.3, 0.4) is 0 Å². The third-order valence-electron chi connectivity index (χ3n) is 3.90. The van der Waals surface area contributed by atoms with Crippen molar-refractivity contribution in [3.05, 3.63) is 41.8 Å². The van der Waals surface area contributed by atoms with Gasteiger partial charge in [0, 0.05) is 11.2 Å². The fourth-order valence-corrected chi connectivity index (χ4v) is 3.79. The Morgan fingerprint density at radius 1 is 1.26 bits per heavy atom. The molecule has 3 atom stereocenters. The highest BCUT2D eigenvalue weighted by atomic mass is 32.2. The van der Waals surface area contributed by atoms with Crippen LogP contribution in [0.5, 0.6) is 0 Å². The maximum atomic E-state index is 12.8. The van der Waals surface area contributed by atoms with Gasteiger partial charge in [-0.05, 0) is 37.3 Å². The fraction of sp³-hybridized carbons (Fsp3) is 0.471. The predicted octanol–water partition coefficient (Wildman–Crippen LogP) is 5.89. The van der Waals surface area contributed by atoms with Gasteiger partial charge in [0.15, 0.2) is 11.5 Å². The Labute approximate surface area is 138 Å². The van der Waals surface area contributed by atoms with Crippen LogP contribution in [0.25, 0.3) is 11.1 Å². The van der Waals surface area contributed by atoms with E-state index in [1.54, 1.807) is 11.8 Å². The van der Waals surface area contributed by atoms with Crippen LogP contribution in [-0.2, 0) is 6.18 Å². The predicted molar refractivity (Wildman–Crippen MR) is 88.7 cm³/mol. The summed E-state index contributed by atoms with van der Waals surface area (Å²) < 4.78 is 44.0. The summed E-state index contributed by atoms with van der Waals surface area (Å²) in [5.74, 6) is 0.790. The van der Waals surface area contributed by atoms with Crippen LogP contribution in [0.2, 0.25) is 0 Å². The van der Waals surface area contributed by atoms with Crippen LogP contribution >= 0.6 is 11.8 Å². The van der Waals surface area contributed by atoms with E-state index in [1.165, 1.54) is 6.07 Å². The third-order valence-corrected chi connectivity index (χ3v) is 5.28.